The molecule has 5 rings (SSSR count). The molecule has 4 heteroatoms. The smallest absolute Gasteiger partial charge is 0.225 e. The molecule has 0 saturated carbocycles. The van der Waals surface area contributed by atoms with Gasteiger partial charge in [0.1, 0.15) is 0 Å². The fourth-order valence-electron chi connectivity index (χ4n) is 5.77. The molecular weight excluding hydrogens is 384 g/mol. The first kappa shape index (κ1) is 20.7. The zero-order chi connectivity index (χ0) is 21.4. The summed E-state index contributed by atoms with van der Waals surface area (Å²) in [6, 6.07) is 6.59. The Kier molecular flexibility index (Phi) is 5.83. The molecule has 164 valence electrons. The zero-order valence-electron chi connectivity index (χ0n) is 18.8. The van der Waals surface area contributed by atoms with E-state index in [1.54, 1.807) is 0 Å². The third-order valence-corrected chi connectivity index (χ3v) is 7.37. The van der Waals surface area contributed by atoms with Crippen LogP contribution in [0.15, 0.2) is 41.4 Å². The Hall–Kier alpha value is -2.20. The number of hydrogen-bond donors (Lipinski definition) is 0. The number of ether oxygens (including phenoxy) is 1. The molecule has 2 saturated heterocycles. The molecule has 4 aliphatic rings. The van der Waals surface area contributed by atoms with Gasteiger partial charge in [-0.2, -0.15) is 0 Å². The van der Waals surface area contributed by atoms with E-state index >= 15 is 0 Å². The Bertz CT molecular complexity index is 929. The van der Waals surface area contributed by atoms with Crippen LogP contribution in [0.3, 0.4) is 0 Å². The lowest BCUT2D eigenvalue weighted by atomic mass is 9.76. The monoisotopic (exact) mass is 418 g/mol. The van der Waals surface area contributed by atoms with Gasteiger partial charge in [-0.15, -0.1) is 0 Å². The van der Waals surface area contributed by atoms with Crippen molar-refractivity contribution in [3.05, 3.63) is 47.6 Å². The summed E-state index contributed by atoms with van der Waals surface area (Å²) >= 11 is 0. The van der Waals surface area contributed by atoms with E-state index in [1.165, 1.54) is 22.4 Å². The molecule has 4 nitrogen and oxygen atoms in total. The minimum Gasteiger partial charge on any atom is -0.381 e. The van der Waals surface area contributed by atoms with E-state index in [0.717, 1.165) is 64.1 Å². The van der Waals surface area contributed by atoms with Gasteiger partial charge in [-0.3, -0.25) is 9.79 Å². The highest BCUT2D eigenvalue weighted by molar-refractivity contribution is 6.31. The third kappa shape index (κ3) is 4.03. The van der Waals surface area contributed by atoms with Crippen LogP contribution in [0.1, 0.15) is 50.7 Å². The van der Waals surface area contributed by atoms with Crippen molar-refractivity contribution in [3.63, 3.8) is 0 Å². The van der Waals surface area contributed by atoms with Crippen molar-refractivity contribution in [2.75, 3.05) is 26.3 Å². The quantitative estimate of drug-likeness (QED) is 0.674. The van der Waals surface area contributed by atoms with Crippen LogP contribution in [0.4, 0.5) is 5.69 Å². The van der Waals surface area contributed by atoms with E-state index in [4.69, 9.17) is 9.73 Å². The van der Waals surface area contributed by atoms with Crippen LogP contribution in [-0.2, 0) is 16.0 Å². The van der Waals surface area contributed by atoms with Crippen LogP contribution >= 0.6 is 0 Å². The second-order valence-electron chi connectivity index (χ2n) is 9.95. The first-order chi connectivity index (χ1) is 15.1. The fourth-order valence-corrected chi connectivity index (χ4v) is 5.77. The first-order valence-corrected chi connectivity index (χ1v) is 12.1. The summed E-state index contributed by atoms with van der Waals surface area (Å²) in [5.74, 6) is 2.07. The Balaban J connectivity index is 1.28. The van der Waals surface area contributed by atoms with E-state index in [-0.39, 0.29) is 5.92 Å². The molecule has 3 aliphatic heterocycles. The van der Waals surface area contributed by atoms with E-state index in [1.807, 2.05) is 0 Å². The predicted octanol–water partition coefficient (Wildman–Crippen LogP) is 5.21. The molecule has 1 unspecified atom stereocenters. The number of fused-ring (bicyclic) bond motifs is 3. The molecule has 1 atom stereocenters. The maximum atomic E-state index is 12.9. The second-order valence-corrected chi connectivity index (χ2v) is 9.95. The number of allylic oxidation sites excluding steroid dienone is 4. The van der Waals surface area contributed by atoms with Crippen molar-refractivity contribution in [1.82, 2.24) is 4.90 Å². The highest BCUT2D eigenvalue weighted by Crippen LogP contribution is 2.44. The van der Waals surface area contributed by atoms with Crippen molar-refractivity contribution < 1.29 is 9.53 Å². The average molecular weight is 419 g/mol. The van der Waals surface area contributed by atoms with Crippen LogP contribution in [0.5, 0.6) is 0 Å². The molecule has 0 N–H and O–H groups in total. The molecule has 3 heterocycles. The second kappa shape index (κ2) is 8.74. The van der Waals surface area contributed by atoms with Gasteiger partial charge >= 0.3 is 0 Å². The summed E-state index contributed by atoms with van der Waals surface area (Å²) in [7, 11) is 0. The van der Waals surface area contributed by atoms with Gasteiger partial charge in [0.05, 0.1) is 11.4 Å². The molecule has 0 spiro atoms. The highest BCUT2D eigenvalue weighted by Gasteiger charge is 2.37. The summed E-state index contributed by atoms with van der Waals surface area (Å²) in [5.41, 5.74) is 6.50. The zero-order valence-corrected chi connectivity index (χ0v) is 18.8. The van der Waals surface area contributed by atoms with Gasteiger partial charge in [-0.1, -0.05) is 44.2 Å². The van der Waals surface area contributed by atoms with E-state index in [9.17, 15) is 4.79 Å². The van der Waals surface area contributed by atoms with Crippen LogP contribution in [0, 0.1) is 23.7 Å². The number of carbonyl (C=O) groups excluding carboxylic acids is 1. The number of amides is 1. The lowest BCUT2D eigenvalue weighted by Crippen LogP contribution is -2.44. The fraction of sp³-hybridized carbons (Fsp3) is 0.556. The van der Waals surface area contributed by atoms with Crippen LogP contribution in [0.25, 0.3) is 5.57 Å². The number of rotatable bonds is 4. The summed E-state index contributed by atoms with van der Waals surface area (Å²) in [5, 5.41) is 0. The topological polar surface area (TPSA) is 41.9 Å². The molecule has 0 aromatic heterocycles. The van der Waals surface area contributed by atoms with Gasteiger partial charge in [0.25, 0.3) is 0 Å². The maximum absolute atomic E-state index is 12.9. The Labute approximate surface area is 186 Å². The molecular formula is C27H34N2O2. The molecule has 1 amide bonds. The van der Waals surface area contributed by atoms with Crippen molar-refractivity contribution in [2.24, 2.45) is 28.7 Å². The van der Waals surface area contributed by atoms with Crippen molar-refractivity contribution in [3.8, 4) is 0 Å². The molecule has 2 fully saturated rings. The number of carbonyl (C=O) groups is 1. The first-order valence-electron chi connectivity index (χ1n) is 12.1. The number of piperidine rings is 1. The third-order valence-electron chi connectivity index (χ3n) is 7.37. The minimum atomic E-state index is 0.169. The average Bonchev–Trinajstić information content (AvgIpc) is 3.19. The number of nitrogens with zero attached hydrogens (tertiary/aromatic N) is 2. The predicted molar refractivity (Wildman–Crippen MR) is 126 cm³/mol. The number of aliphatic imine (C=N–C) groups is 1. The van der Waals surface area contributed by atoms with E-state index < -0.39 is 0 Å². The SMILES string of the molecule is CC(C)Cc1cccc2c1C1=CC=CC(C3CCN(C(=O)C4CCOCC4)CC3)C1=N2. The largest absolute Gasteiger partial charge is 0.381 e. The van der Waals surface area contributed by atoms with Gasteiger partial charge in [-0.05, 0) is 55.6 Å². The summed E-state index contributed by atoms with van der Waals surface area (Å²) in [4.78, 5) is 20.2. The summed E-state index contributed by atoms with van der Waals surface area (Å²) < 4.78 is 5.43. The van der Waals surface area contributed by atoms with Crippen molar-refractivity contribution >= 4 is 22.9 Å². The normalized spacial score (nSPS) is 24.1. The number of benzene rings is 1. The number of hydrogen-bond acceptors (Lipinski definition) is 3. The van der Waals surface area contributed by atoms with Gasteiger partial charge in [-0.25, -0.2) is 0 Å². The summed E-state index contributed by atoms with van der Waals surface area (Å²) in [6.07, 6.45) is 11.8. The van der Waals surface area contributed by atoms with Gasteiger partial charge < -0.3 is 9.64 Å². The van der Waals surface area contributed by atoms with Crippen LogP contribution in [0.2, 0.25) is 0 Å². The van der Waals surface area contributed by atoms with Crippen molar-refractivity contribution in [2.45, 2.75) is 46.0 Å². The number of likely N-dealkylation sites (tertiary alicyclic amines) is 1. The molecule has 1 aromatic carbocycles. The Morgan fingerprint density at radius 3 is 2.68 bits per heavy atom. The minimum absolute atomic E-state index is 0.169. The van der Waals surface area contributed by atoms with Gasteiger partial charge in [0.2, 0.25) is 5.91 Å². The highest BCUT2D eigenvalue weighted by atomic mass is 16.5. The Morgan fingerprint density at radius 1 is 1.16 bits per heavy atom. The van der Waals surface area contributed by atoms with Gasteiger partial charge in [0, 0.05) is 49.3 Å². The Morgan fingerprint density at radius 2 is 1.94 bits per heavy atom. The van der Waals surface area contributed by atoms with E-state index in [0.29, 0.717) is 23.7 Å². The summed E-state index contributed by atoms with van der Waals surface area (Å²) in [6.45, 7) is 7.78. The van der Waals surface area contributed by atoms with Crippen LogP contribution < -0.4 is 0 Å². The molecule has 31 heavy (non-hydrogen) atoms. The van der Waals surface area contributed by atoms with Gasteiger partial charge in [0.15, 0.2) is 0 Å². The molecule has 0 bridgehead atoms. The van der Waals surface area contributed by atoms with E-state index in [2.05, 4.69) is 55.2 Å². The lowest BCUT2D eigenvalue weighted by molar-refractivity contribution is -0.140. The molecule has 1 aromatic rings. The standard InChI is InChI=1S/C27H34N2O2/c1-18(2)17-21-5-3-8-24-25(21)23-7-4-6-22(26(23)28-24)19-9-13-29(14-10-19)27(30)20-11-15-31-16-12-20/h3-8,18-20,22H,9-17H2,1-2H3. The molecule has 1 aliphatic carbocycles. The van der Waals surface area contributed by atoms with Crippen molar-refractivity contribution in [1.29, 1.82) is 0 Å². The maximum Gasteiger partial charge on any atom is 0.225 e. The van der Waals surface area contributed by atoms with Crippen LogP contribution in [-0.4, -0.2) is 42.8 Å². The molecule has 0 radical (unpaired) electrons. The lowest BCUT2D eigenvalue weighted by Gasteiger charge is -2.38.